The summed E-state index contributed by atoms with van der Waals surface area (Å²) in [5.41, 5.74) is 0. The zero-order chi connectivity index (χ0) is 8.85. The molecule has 0 bridgehead atoms. The maximum Gasteiger partial charge on any atom is -0.0389 e. The van der Waals surface area contributed by atoms with Gasteiger partial charge >= 0.3 is 0 Å². The van der Waals surface area contributed by atoms with Gasteiger partial charge < -0.3 is 0 Å². The van der Waals surface area contributed by atoms with Gasteiger partial charge in [0, 0.05) is 0 Å². The van der Waals surface area contributed by atoms with Gasteiger partial charge in [0.2, 0.25) is 0 Å². The third-order valence-corrected chi connectivity index (χ3v) is 2.68. The zero-order valence-corrected chi connectivity index (χ0v) is 8.56. The summed E-state index contributed by atoms with van der Waals surface area (Å²) in [6.07, 6.45) is 3.92. The van der Waals surface area contributed by atoms with E-state index in [4.69, 9.17) is 0 Å². The van der Waals surface area contributed by atoms with E-state index in [0.29, 0.717) is 5.92 Å². The van der Waals surface area contributed by atoms with E-state index in [1.807, 2.05) is 0 Å². The van der Waals surface area contributed by atoms with Crippen LogP contribution in [0.25, 0.3) is 0 Å². The Morgan fingerprint density at radius 2 is 1.64 bits per heavy atom. The van der Waals surface area contributed by atoms with Gasteiger partial charge in [-0.15, -0.1) is 0 Å². The fourth-order valence-corrected chi connectivity index (χ4v) is 1.65. The molecular formula is C11H23. The van der Waals surface area contributed by atoms with Crippen molar-refractivity contribution in [1.82, 2.24) is 0 Å². The van der Waals surface area contributed by atoms with Crippen LogP contribution in [0.4, 0.5) is 0 Å². The van der Waals surface area contributed by atoms with Crippen LogP contribution >= 0.6 is 0 Å². The summed E-state index contributed by atoms with van der Waals surface area (Å²) in [6, 6.07) is 0. The first-order chi connectivity index (χ1) is 5.11. The Labute approximate surface area is 72.4 Å². The van der Waals surface area contributed by atoms with E-state index in [0.717, 1.165) is 11.8 Å². The quantitative estimate of drug-likeness (QED) is 0.564. The molecule has 0 fully saturated rings. The van der Waals surface area contributed by atoms with Crippen LogP contribution in [0.2, 0.25) is 0 Å². The lowest BCUT2D eigenvalue weighted by Gasteiger charge is -2.22. The third-order valence-electron chi connectivity index (χ3n) is 2.68. The molecule has 0 N–H and O–H groups in total. The van der Waals surface area contributed by atoms with Crippen molar-refractivity contribution < 1.29 is 0 Å². The van der Waals surface area contributed by atoms with Crippen LogP contribution < -0.4 is 0 Å². The summed E-state index contributed by atoms with van der Waals surface area (Å²) in [4.78, 5) is 0. The molecule has 0 aliphatic heterocycles. The predicted molar refractivity (Wildman–Crippen MR) is 52.4 cm³/mol. The lowest BCUT2D eigenvalue weighted by molar-refractivity contribution is 0.293. The van der Waals surface area contributed by atoms with Crippen LogP contribution in [-0.4, -0.2) is 0 Å². The van der Waals surface area contributed by atoms with Crippen LogP contribution in [0.5, 0.6) is 0 Å². The van der Waals surface area contributed by atoms with E-state index in [1.165, 1.54) is 19.3 Å². The van der Waals surface area contributed by atoms with Crippen molar-refractivity contribution in [2.24, 2.45) is 17.8 Å². The fourth-order valence-electron chi connectivity index (χ4n) is 1.65. The standard InChI is InChI=1S/C11H23/c1-6-10(5)11(7-2)8-9(3)4/h9-11H,3,6-8H2,1-2,4-5H3. The van der Waals surface area contributed by atoms with Crippen LogP contribution in [-0.2, 0) is 0 Å². The number of hydrogen-bond donors (Lipinski definition) is 0. The maximum atomic E-state index is 4.04. The molecule has 0 saturated heterocycles. The van der Waals surface area contributed by atoms with Gasteiger partial charge in [0.1, 0.15) is 0 Å². The molecular weight excluding hydrogens is 132 g/mol. The van der Waals surface area contributed by atoms with E-state index < -0.39 is 0 Å². The topological polar surface area (TPSA) is 0 Å². The van der Waals surface area contributed by atoms with Crippen molar-refractivity contribution in [2.45, 2.75) is 47.0 Å². The van der Waals surface area contributed by atoms with Gasteiger partial charge in [-0.05, 0) is 24.2 Å². The van der Waals surface area contributed by atoms with Crippen molar-refractivity contribution >= 4 is 0 Å². The van der Waals surface area contributed by atoms with Crippen molar-refractivity contribution in [3.8, 4) is 0 Å². The molecule has 0 nitrogen and oxygen atoms in total. The van der Waals surface area contributed by atoms with Gasteiger partial charge in [-0.1, -0.05) is 47.5 Å². The van der Waals surface area contributed by atoms with Crippen LogP contribution in [0.3, 0.4) is 0 Å². The Morgan fingerprint density at radius 1 is 1.09 bits per heavy atom. The summed E-state index contributed by atoms with van der Waals surface area (Å²) in [6.45, 7) is 13.2. The van der Waals surface area contributed by atoms with Gasteiger partial charge in [0.25, 0.3) is 0 Å². The zero-order valence-electron chi connectivity index (χ0n) is 8.56. The summed E-state index contributed by atoms with van der Waals surface area (Å²) >= 11 is 0. The highest BCUT2D eigenvalue weighted by Gasteiger charge is 2.14. The highest BCUT2D eigenvalue weighted by molar-refractivity contribution is 4.68. The molecule has 0 heteroatoms. The largest absolute Gasteiger partial charge is 0.0651 e. The lowest BCUT2D eigenvalue weighted by Crippen LogP contribution is -2.12. The molecule has 3 atom stereocenters. The Morgan fingerprint density at radius 3 is 1.91 bits per heavy atom. The molecule has 0 aliphatic carbocycles. The highest BCUT2D eigenvalue weighted by atomic mass is 14.2. The van der Waals surface area contributed by atoms with Crippen LogP contribution in [0.1, 0.15) is 47.0 Å². The molecule has 3 unspecified atom stereocenters. The van der Waals surface area contributed by atoms with Gasteiger partial charge in [0.15, 0.2) is 0 Å². The SMILES string of the molecule is [CH2]C(C)CC(CC)C(C)CC. The highest BCUT2D eigenvalue weighted by Crippen LogP contribution is 2.25. The maximum absolute atomic E-state index is 4.04. The van der Waals surface area contributed by atoms with E-state index in [9.17, 15) is 0 Å². The Hall–Kier alpha value is 0. The van der Waals surface area contributed by atoms with Crippen molar-refractivity contribution in [1.29, 1.82) is 0 Å². The monoisotopic (exact) mass is 155 g/mol. The minimum Gasteiger partial charge on any atom is -0.0651 e. The van der Waals surface area contributed by atoms with E-state index in [2.05, 4.69) is 34.6 Å². The molecule has 11 heavy (non-hydrogen) atoms. The molecule has 0 amide bonds. The fraction of sp³-hybridized carbons (Fsp3) is 0.909. The molecule has 0 saturated carbocycles. The van der Waals surface area contributed by atoms with Gasteiger partial charge in [0.05, 0.1) is 0 Å². The summed E-state index contributed by atoms with van der Waals surface area (Å²) in [7, 11) is 0. The van der Waals surface area contributed by atoms with Gasteiger partial charge in [-0.3, -0.25) is 0 Å². The molecule has 67 valence electrons. The first-order valence-corrected chi connectivity index (χ1v) is 4.94. The summed E-state index contributed by atoms with van der Waals surface area (Å²) < 4.78 is 0. The Balaban J connectivity index is 3.74. The Bertz CT molecular complexity index is 84.0. The normalized spacial score (nSPS) is 16.9. The minimum atomic E-state index is 0.619. The predicted octanol–water partition coefficient (Wildman–Crippen LogP) is 3.92. The van der Waals surface area contributed by atoms with Crippen LogP contribution in [0, 0.1) is 24.7 Å². The first kappa shape index (κ1) is 11.0. The van der Waals surface area contributed by atoms with E-state index in [-0.39, 0.29) is 0 Å². The lowest BCUT2D eigenvalue weighted by atomic mass is 9.83. The number of rotatable bonds is 5. The van der Waals surface area contributed by atoms with Gasteiger partial charge in [-0.25, -0.2) is 0 Å². The number of hydrogen-bond acceptors (Lipinski definition) is 0. The smallest absolute Gasteiger partial charge is 0.0389 e. The second-order valence-corrected chi connectivity index (χ2v) is 3.89. The molecule has 0 heterocycles. The third kappa shape index (κ3) is 4.44. The minimum absolute atomic E-state index is 0.619. The molecule has 0 aliphatic rings. The summed E-state index contributed by atoms with van der Waals surface area (Å²) in [5, 5.41) is 0. The second-order valence-electron chi connectivity index (χ2n) is 3.89. The second kappa shape index (κ2) is 5.62. The molecule has 0 rings (SSSR count). The van der Waals surface area contributed by atoms with Crippen LogP contribution in [0.15, 0.2) is 0 Å². The molecule has 0 aromatic rings. The molecule has 0 aromatic heterocycles. The van der Waals surface area contributed by atoms with Crippen molar-refractivity contribution in [2.75, 3.05) is 0 Å². The average Bonchev–Trinajstić information content (AvgIpc) is 1.98. The van der Waals surface area contributed by atoms with Crippen molar-refractivity contribution in [3.05, 3.63) is 6.92 Å². The average molecular weight is 155 g/mol. The molecule has 1 radical (unpaired) electrons. The Kier molecular flexibility index (Phi) is 5.62. The molecule has 0 spiro atoms. The van der Waals surface area contributed by atoms with E-state index >= 15 is 0 Å². The summed E-state index contributed by atoms with van der Waals surface area (Å²) in [5.74, 6) is 2.39. The first-order valence-electron chi connectivity index (χ1n) is 4.94. The van der Waals surface area contributed by atoms with Gasteiger partial charge in [-0.2, -0.15) is 0 Å². The van der Waals surface area contributed by atoms with Crippen molar-refractivity contribution in [3.63, 3.8) is 0 Å². The molecule has 0 aromatic carbocycles. The van der Waals surface area contributed by atoms with E-state index in [1.54, 1.807) is 0 Å².